The molecule has 1 fully saturated rings. The van der Waals surface area contributed by atoms with E-state index in [9.17, 15) is 18.0 Å². The number of fused-ring (bicyclic) bond motifs is 1. The molecule has 1 saturated heterocycles. The molecule has 11 heteroatoms. The number of H-pyrrole nitrogens is 1. The van der Waals surface area contributed by atoms with Crippen molar-refractivity contribution in [2.75, 3.05) is 32.5 Å². The predicted molar refractivity (Wildman–Crippen MR) is 120 cm³/mol. The highest BCUT2D eigenvalue weighted by atomic mass is 19.4. The van der Waals surface area contributed by atoms with Crippen LogP contribution in [0.5, 0.6) is 5.75 Å². The number of benzene rings is 1. The van der Waals surface area contributed by atoms with Crippen LogP contribution in [0.4, 0.5) is 18.9 Å². The van der Waals surface area contributed by atoms with Gasteiger partial charge in [0.1, 0.15) is 17.1 Å². The first-order valence-corrected chi connectivity index (χ1v) is 11.0. The van der Waals surface area contributed by atoms with Crippen molar-refractivity contribution in [1.82, 2.24) is 19.9 Å². The number of nitrogen functional groups attached to an aromatic ring is 1. The summed E-state index contributed by atoms with van der Waals surface area (Å²) in [4.78, 5) is 27.0. The molecule has 182 valence electrons. The van der Waals surface area contributed by atoms with Crippen LogP contribution in [0, 0.1) is 0 Å². The van der Waals surface area contributed by atoms with Gasteiger partial charge in [0.25, 0.3) is 5.91 Å². The minimum Gasteiger partial charge on any atom is -0.406 e. The van der Waals surface area contributed by atoms with E-state index in [1.807, 2.05) is 6.07 Å². The molecule has 0 aliphatic carbocycles. The lowest BCUT2D eigenvalue weighted by molar-refractivity contribution is -0.274. The average Bonchev–Trinajstić information content (AvgIpc) is 3.21. The number of carbonyl (C=O) groups excluding carboxylic acids is 1. The van der Waals surface area contributed by atoms with Crippen LogP contribution >= 0.6 is 0 Å². The summed E-state index contributed by atoms with van der Waals surface area (Å²) in [5, 5.41) is 0. The summed E-state index contributed by atoms with van der Waals surface area (Å²) < 4.78 is 46.2. The number of hydrogen-bond acceptors (Lipinski definition) is 6. The molecular weight excluding hydrogens is 451 g/mol. The van der Waals surface area contributed by atoms with Gasteiger partial charge in [-0.1, -0.05) is 0 Å². The van der Waals surface area contributed by atoms with E-state index in [4.69, 9.17) is 15.5 Å². The molecule has 3 aromatic rings. The van der Waals surface area contributed by atoms with Crippen molar-refractivity contribution in [1.29, 1.82) is 0 Å². The lowest BCUT2D eigenvalue weighted by atomic mass is 9.89. The first-order chi connectivity index (χ1) is 16.2. The molecule has 0 atom stereocenters. The number of methoxy groups -OCH3 is 1. The lowest BCUT2D eigenvalue weighted by Crippen LogP contribution is -2.38. The third-order valence-corrected chi connectivity index (χ3v) is 5.94. The van der Waals surface area contributed by atoms with E-state index in [0.29, 0.717) is 19.7 Å². The third kappa shape index (κ3) is 5.41. The Balaban J connectivity index is 1.42. The molecule has 0 saturated carbocycles. The smallest absolute Gasteiger partial charge is 0.406 e. The van der Waals surface area contributed by atoms with Crippen LogP contribution in [-0.4, -0.2) is 58.9 Å². The number of nitrogens with zero attached hydrogens (tertiary/aromatic N) is 3. The Labute approximate surface area is 194 Å². The summed E-state index contributed by atoms with van der Waals surface area (Å²) >= 11 is 0. The van der Waals surface area contributed by atoms with Crippen LogP contribution < -0.4 is 10.5 Å². The molecule has 8 nitrogen and oxygen atoms in total. The molecule has 1 aliphatic heterocycles. The minimum absolute atomic E-state index is 0.0535. The summed E-state index contributed by atoms with van der Waals surface area (Å²) in [5.41, 5.74) is 8.65. The van der Waals surface area contributed by atoms with E-state index in [-0.39, 0.29) is 23.1 Å². The van der Waals surface area contributed by atoms with Gasteiger partial charge in [-0.3, -0.25) is 4.79 Å². The second-order valence-electron chi connectivity index (χ2n) is 8.24. The van der Waals surface area contributed by atoms with E-state index in [1.165, 1.54) is 6.07 Å². The number of aromatic nitrogens is 3. The molecule has 3 N–H and O–H groups in total. The zero-order valence-electron chi connectivity index (χ0n) is 18.7. The van der Waals surface area contributed by atoms with Crippen molar-refractivity contribution in [3.8, 4) is 5.75 Å². The van der Waals surface area contributed by atoms with Crippen LogP contribution in [0.2, 0.25) is 0 Å². The summed E-state index contributed by atoms with van der Waals surface area (Å²) in [6.45, 7) is 1.66. The van der Waals surface area contributed by atoms with Gasteiger partial charge in [-0.25, -0.2) is 9.97 Å². The number of carbonyl (C=O) groups is 1. The maximum atomic E-state index is 12.9. The van der Waals surface area contributed by atoms with E-state index in [1.54, 1.807) is 18.2 Å². The Morgan fingerprint density at radius 3 is 2.71 bits per heavy atom. The number of rotatable bonds is 7. The molecule has 0 radical (unpaired) electrons. The van der Waals surface area contributed by atoms with E-state index < -0.39 is 12.1 Å². The Morgan fingerprint density at radius 2 is 2.03 bits per heavy atom. The molecule has 0 bridgehead atoms. The normalized spacial score (nSPS) is 15.1. The summed E-state index contributed by atoms with van der Waals surface area (Å²) in [6.07, 6.45) is 0.0238. The van der Waals surface area contributed by atoms with Crippen molar-refractivity contribution in [3.05, 3.63) is 47.4 Å². The second kappa shape index (κ2) is 9.88. The number of alkyl halides is 3. The van der Waals surface area contributed by atoms with Crippen molar-refractivity contribution >= 4 is 22.8 Å². The number of halogens is 3. The van der Waals surface area contributed by atoms with Gasteiger partial charge in [0.05, 0.1) is 5.56 Å². The lowest BCUT2D eigenvalue weighted by Gasteiger charge is -2.32. The number of piperidine rings is 1. The van der Waals surface area contributed by atoms with Crippen molar-refractivity contribution in [3.63, 3.8) is 0 Å². The number of anilines is 1. The van der Waals surface area contributed by atoms with Gasteiger partial charge in [-0.2, -0.15) is 0 Å². The fourth-order valence-electron chi connectivity index (χ4n) is 4.31. The maximum absolute atomic E-state index is 12.9. The molecule has 4 rings (SSSR count). The topological polar surface area (TPSA) is 106 Å². The van der Waals surface area contributed by atoms with Crippen LogP contribution in [0.1, 0.15) is 46.9 Å². The fourth-order valence-corrected chi connectivity index (χ4v) is 4.31. The highest BCUT2D eigenvalue weighted by Crippen LogP contribution is 2.33. The Hall–Kier alpha value is -3.34. The van der Waals surface area contributed by atoms with Crippen molar-refractivity contribution < 1.29 is 27.4 Å². The number of nitrogens with two attached hydrogens (primary N) is 1. The van der Waals surface area contributed by atoms with Crippen LogP contribution in [0.15, 0.2) is 30.5 Å². The Bertz CT molecular complexity index is 1160. The summed E-state index contributed by atoms with van der Waals surface area (Å²) in [6, 6.07) is 5.36. The molecule has 0 spiro atoms. The number of amides is 1. The van der Waals surface area contributed by atoms with E-state index in [0.717, 1.165) is 60.4 Å². The molecule has 1 aliphatic rings. The minimum atomic E-state index is -4.82. The molecule has 3 heterocycles. The quantitative estimate of drug-likeness (QED) is 0.393. The number of aromatic amines is 1. The highest BCUT2D eigenvalue weighted by Gasteiger charge is 2.32. The van der Waals surface area contributed by atoms with Crippen LogP contribution in [0.25, 0.3) is 11.2 Å². The largest absolute Gasteiger partial charge is 0.573 e. The highest BCUT2D eigenvalue weighted by molar-refractivity contribution is 5.99. The summed E-state index contributed by atoms with van der Waals surface area (Å²) in [7, 11) is 1.67. The number of ether oxygens (including phenoxy) is 2. The number of pyridine rings is 1. The molecule has 1 aromatic carbocycles. The first kappa shape index (κ1) is 23.8. The molecule has 2 aromatic heterocycles. The van der Waals surface area contributed by atoms with Gasteiger partial charge in [-0.15, -0.1) is 13.2 Å². The zero-order chi connectivity index (χ0) is 24.3. The SMILES string of the molecule is COCCCc1nc2c(C3CCN(C(=O)c4ccc(OC(F)(F)F)cc4N)CC3)ccnc2[nH]1. The van der Waals surface area contributed by atoms with Crippen LogP contribution in [-0.2, 0) is 11.2 Å². The van der Waals surface area contributed by atoms with E-state index >= 15 is 0 Å². The van der Waals surface area contributed by atoms with Gasteiger partial charge >= 0.3 is 6.36 Å². The van der Waals surface area contributed by atoms with Gasteiger partial charge in [0, 0.05) is 51.2 Å². The van der Waals surface area contributed by atoms with Gasteiger partial charge < -0.3 is 25.1 Å². The fraction of sp³-hybridized carbons (Fsp3) is 0.435. The summed E-state index contributed by atoms with van der Waals surface area (Å²) in [5.74, 6) is 0.315. The maximum Gasteiger partial charge on any atom is 0.573 e. The molecule has 1 amide bonds. The standard InChI is InChI=1S/C23H26F3N5O3/c1-33-12-2-3-19-29-20-16(6-9-28-21(20)30-19)14-7-10-31(11-8-14)22(32)17-5-4-15(13-18(17)27)34-23(24,25)26/h4-6,9,13-14H,2-3,7-8,10-12,27H2,1H3,(H,28,29,30). The Kier molecular flexibility index (Phi) is 6.92. The third-order valence-electron chi connectivity index (χ3n) is 5.94. The second-order valence-corrected chi connectivity index (χ2v) is 8.24. The number of likely N-dealkylation sites (tertiary alicyclic amines) is 1. The number of nitrogens with one attached hydrogen (secondary N) is 1. The van der Waals surface area contributed by atoms with Gasteiger partial charge in [-0.05, 0) is 48.9 Å². The number of hydrogen-bond donors (Lipinski definition) is 2. The number of aryl methyl sites for hydroxylation is 1. The molecule has 34 heavy (non-hydrogen) atoms. The van der Waals surface area contributed by atoms with Gasteiger partial charge in [0.15, 0.2) is 5.65 Å². The van der Waals surface area contributed by atoms with E-state index in [2.05, 4.69) is 14.7 Å². The molecular formula is C23H26F3N5O3. The van der Waals surface area contributed by atoms with Crippen molar-refractivity contribution in [2.24, 2.45) is 0 Å². The Morgan fingerprint density at radius 1 is 1.26 bits per heavy atom. The molecule has 0 unspecified atom stereocenters. The van der Waals surface area contributed by atoms with Crippen LogP contribution in [0.3, 0.4) is 0 Å². The average molecular weight is 477 g/mol. The first-order valence-electron chi connectivity index (χ1n) is 11.0. The monoisotopic (exact) mass is 477 g/mol. The van der Waals surface area contributed by atoms with Gasteiger partial charge in [0.2, 0.25) is 0 Å². The predicted octanol–water partition coefficient (Wildman–Crippen LogP) is 4.04. The number of imidazole rings is 1. The van der Waals surface area contributed by atoms with Crippen molar-refractivity contribution in [2.45, 2.75) is 38.0 Å². The zero-order valence-corrected chi connectivity index (χ0v) is 18.7.